The largest absolute Gasteiger partial charge is 0.396 e. The standard InChI is InChI=1S/C14H21BrN2O/c15-12-5-6-14(11(9-12)10-16)17-7-1-3-13(17)4-2-8-18/h5-6,9,13,18H,1-4,7-8,10,16H2. The molecule has 0 aromatic heterocycles. The molecule has 1 heterocycles. The van der Waals surface area contributed by atoms with Crippen LogP contribution in [0.2, 0.25) is 0 Å². The highest BCUT2D eigenvalue weighted by molar-refractivity contribution is 9.10. The molecular weight excluding hydrogens is 292 g/mol. The smallest absolute Gasteiger partial charge is 0.0431 e. The van der Waals surface area contributed by atoms with Crippen molar-refractivity contribution in [3.8, 4) is 0 Å². The molecule has 1 fully saturated rings. The molecule has 1 aliphatic rings. The molecule has 0 radical (unpaired) electrons. The Labute approximate surface area is 117 Å². The summed E-state index contributed by atoms with van der Waals surface area (Å²) in [7, 11) is 0. The van der Waals surface area contributed by atoms with Crippen molar-refractivity contribution in [2.45, 2.75) is 38.3 Å². The molecule has 0 amide bonds. The molecular formula is C14H21BrN2O. The van der Waals surface area contributed by atoms with E-state index in [1.54, 1.807) is 0 Å². The summed E-state index contributed by atoms with van der Waals surface area (Å²) >= 11 is 3.50. The lowest BCUT2D eigenvalue weighted by Gasteiger charge is -2.29. The van der Waals surface area contributed by atoms with Crippen LogP contribution in [-0.4, -0.2) is 24.3 Å². The number of benzene rings is 1. The van der Waals surface area contributed by atoms with Crippen molar-refractivity contribution >= 4 is 21.6 Å². The van der Waals surface area contributed by atoms with Gasteiger partial charge in [0, 0.05) is 35.9 Å². The summed E-state index contributed by atoms with van der Waals surface area (Å²) in [6, 6.07) is 6.90. The van der Waals surface area contributed by atoms with E-state index in [0.717, 1.165) is 23.9 Å². The Morgan fingerprint density at radius 2 is 2.28 bits per heavy atom. The Morgan fingerprint density at radius 1 is 1.44 bits per heavy atom. The zero-order valence-corrected chi connectivity index (χ0v) is 12.2. The first-order valence-corrected chi connectivity index (χ1v) is 7.41. The van der Waals surface area contributed by atoms with Crippen LogP contribution in [0.15, 0.2) is 22.7 Å². The minimum absolute atomic E-state index is 0.286. The number of aliphatic hydroxyl groups is 1. The third-order valence-electron chi connectivity index (χ3n) is 3.64. The Hall–Kier alpha value is -0.580. The van der Waals surface area contributed by atoms with Crippen LogP contribution >= 0.6 is 15.9 Å². The maximum Gasteiger partial charge on any atom is 0.0431 e. The first-order chi connectivity index (χ1) is 8.76. The first-order valence-electron chi connectivity index (χ1n) is 6.62. The second-order valence-corrected chi connectivity index (χ2v) is 5.75. The summed E-state index contributed by atoms with van der Waals surface area (Å²) < 4.78 is 1.08. The third kappa shape index (κ3) is 3.05. The summed E-state index contributed by atoms with van der Waals surface area (Å²) in [5, 5.41) is 8.98. The van der Waals surface area contributed by atoms with Crippen molar-refractivity contribution in [2.75, 3.05) is 18.1 Å². The molecule has 3 N–H and O–H groups in total. The second-order valence-electron chi connectivity index (χ2n) is 4.83. The Kier molecular flexibility index (Phi) is 5.03. The molecule has 0 spiro atoms. The molecule has 1 aromatic rings. The number of nitrogens with two attached hydrogens (primary N) is 1. The lowest BCUT2D eigenvalue weighted by Crippen LogP contribution is -2.30. The van der Waals surface area contributed by atoms with Crippen molar-refractivity contribution < 1.29 is 5.11 Å². The molecule has 2 rings (SSSR count). The molecule has 0 aliphatic carbocycles. The van der Waals surface area contributed by atoms with Crippen LogP contribution < -0.4 is 10.6 Å². The van der Waals surface area contributed by atoms with E-state index >= 15 is 0 Å². The van der Waals surface area contributed by atoms with E-state index in [2.05, 4.69) is 39.0 Å². The van der Waals surface area contributed by atoms with E-state index in [4.69, 9.17) is 10.8 Å². The zero-order chi connectivity index (χ0) is 13.0. The van der Waals surface area contributed by atoms with Gasteiger partial charge >= 0.3 is 0 Å². The summed E-state index contributed by atoms with van der Waals surface area (Å²) in [5.41, 5.74) is 8.30. The fourth-order valence-corrected chi connectivity index (χ4v) is 3.19. The molecule has 1 aromatic carbocycles. The fourth-order valence-electron chi connectivity index (χ4n) is 2.78. The molecule has 1 saturated heterocycles. The summed E-state index contributed by atoms with van der Waals surface area (Å²) in [5.74, 6) is 0. The molecule has 1 unspecified atom stereocenters. The minimum atomic E-state index is 0.286. The van der Waals surface area contributed by atoms with Gasteiger partial charge in [0.05, 0.1) is 0 Å². The topological polar surface area (TPSA) is 49.5 Å². The van der Waals surface area contributed by atoms with Gasteiger partial charge < -0.3 is 15.7 Å². The molecule has 1 aliphatic heterocycles. The van der Waals surface area contributed by atoms with E-state index < -0.39 is 0 Å². The number of rotatable bonds is 5. The Morgan fingerprint density at radius 3 is 3.00 bits per heavy atom. The van der Waals surface area contributed by atoms with Crippen LogP contribution in [0, 0.1) is 0 Å². The van der Waals surface area contributed by atoms with Gasteiger partial charge in [-0.2, -0.15) is 0 Å². The van der Waals surface area contributed by atoms with E-state index in [-0.39, 0.29) is 6.61 Å². The SMILES string of the molecule is NCc1cc(Br)ccc1N1CCCC1CCCO. The Balaban J connectivity index is 2.18. The molecule has 0 saturated carbocycles. The molecule has 18 heavy (non-hydrogen) atoms. The van der Waals surface area contributed by atoms with Crippen LogP contribution in [0.25, 0.3) is 0 Å². The van der Waals surface area contributed by atoms with E-state index in [9.17, 15) is 0 Å². The highest BCUT2D eigenvalue weighted by Gasteiger charge is 2.25. The molecule has 4 heteroatoms. The highest BCUT2D eigenvalue weighted by atomic mass is 79.9. The number of anilines is 1. The number of aliphatic hydroxyl groups excluding tert-OH is 1. The summed E-state index contributed by atoms with van der Waals surface area (Å²) in [4.78, 5) is 2.46. The average molecular weight is 313 g/mol. The van der Waals surface area contributed by atoms with Gasteiger partial charge in [0.15, 0.2) is 0 Å². The van der Waals surface area contributed by atoms with Crippen molar-refractivity contribution in [3.63, 3.8) is 0 Å². The Bertz CT molecular complexity index is 397. The van der Waals surface area contributed by atoms with Crippen molar-refractivity contribution in [2.24, 2.45) is 5.73 Å². The fraction of sp³-hybridized carbons (Fsp3) is 0.571. The van der Waals surface area contributed by atoms with E-state index in [0.29, 0.717) is 12.6 Å². The minimum Gasteiger partial charge on any atom is -0.396 e. The second kappa shape index (κ2) is 6.55. The van der Waals surface area contributed by atoms with Crippen LogP contribution in [0.4, 0.5) is 5.69 Å². The summed E-state index contributed by atoms with van der Waals surface area (Å²) in [6.07, 6.45) is 4.41. The number of hydrogen-bond donors (Lipinski definition) is 2. The predicted octanol–water partition coefficient (Wildman–Crippen LogP) is 2.65. The van der Waals surface area contributed by atoms with Gasteiger partial charge in [-0.05, 0) is 49.4 Å². The quantitative estimate of drug-likeness (QED) is 0.878. The van der Waals surface area contributed by atoms with Gasteiger partial charge in [0.1, 0.15) is 0 Å². The maximum atomic E-state index is 8.98. The maximum absolute atomic E-state index is 8.98. The molecule has 3 nitrogen and oxygen atoms in total. The lowest BCUT2D eigenvalue weighted by molar-refractivity contribution is 0.279. The highest BCUT2D eigenvalue weighted by Crippen LogP contribution is 2.32. The van der Waals surface area contributed by atoms with Gasteiger partial charge in [0.2, 0.25) is 0 Å². The van der Waals surface area contributed by atoms with Gasteiger partial charge in [-0.15, -0.1) is 0 Å². The number of hydrogen-bond acceptors (Lipinski definition) is 3. The van der Waals surface area contributed by atoms with Crippen molar-refractivity contribution in [3.05, 3.63) is 28.2 Å². The molecule has 0 bridgehead atoms. The number of halogens is 1. The van der Waals surface area contributed by atoms with E-state index in [1.807, 2.05) is 0 Å². The monoisotopic (exact) mass is 312 g/mol. The van der Waals surface area contributed by atoms with E-state index in [1.165, 1.54) is 24.1 Å². The molecule has 100 valence electrons. The van der Waals surface area contributed by atoms with Crippen LogP contribution in [0.5, 0.6) is 0 Å². The van der Waals surface area contributed by atoms with Gasteiger partial charge in [-0.1, -0.05) is 15.9 Å². The normalized spacial score (nSPS) is 19.5. The van der Waals surface area contributed by atoms with Crippen LogP contribution in [0.1, 0.15) is 31.2 Å². The first kappa shape index (κ1) is 13.8. The number of nitrogens with zero attached hydrogens (tertiary/aromatic N) is 1. The van der Waals surface area contributed by atoms with Gasteiger partial charge in [-0.25, -0.2) is 0 Å². The van der Waals surface area contributed by atoms with Crippen molar-refractivity contribution in [1.82, 2.24) is 0 Å². The van der Waals surface area contributed by atoms with Crippen molar-refractivity contribution in [1.29, 1.82) is 0 Å². The third-order valence-corrected chi connectivity index (χ3v) is 4.14. The average Bonchev–Trinajstić information content (AvgIpc) is 2.84. The predicted molar refractivity (Wildman–Crippen MR) is 78.7 cm³/mol. The zero-order valence-electron chi connectivity index (χ0n) is 10.6. The summed E-state index contributed by atoms with van der Waals surface area (Å²) in [6.45, 7) is 1.96. The van der Waals surface area contributed by atoms with Gasteiger partial charge in [0.25, 0.3) is 0 Å². The lowest BCUT2D eigenvalue weighted by atomic mass is 10.1. The van der Waals surface area contributed by atoms with Crippen LogP contribution in [0.3, 0.4) is 0 Å². The van der Waals surface area contributed by atoms with Gasteiger partial charge in [-0.3, -0.25) is 0 Å². The molecule has 1 atom stereocenters. The van der Waals surface area contributed by atoms with Crippen LogP contribution in [-0.2, 0) is 6.54 Å².